The summed E-state index contributed by atoms with van der Waals surface area (Å²) in [5, 5.41) is 0. The molecule has 0 spiro atoms. The Balaban J connectivity index is 1.65. The minimum atomic E-state index is -3.80. The zero-order chi connectivity index (χ0) is 22.0. The molecule has 166 valence electrons. The second-order valence-electron chi connectivity index (χ2n) is 7.82. The zero-order valence-corrected chi connectivity index (χ0v) is 18.3. The Hall–Kier alpha value is -2.72. The molecule has 9 nitrogen and oxygen atoms in total. The van der Waals surface area contributed by atoms with Crippen LogP contribution in [-0.4, -0.2) is 60.2 Å². The van der Waals surface area contributed by atoms with Crippen molar-refractivity contribution in [3.05, 3.63) is 51.7 Å². The highest BCUT2D eigenvalue weighted by Gasteiger charge is 2.31. The zero-order valence-electron chi connectivity index (χ0n) is 17.5. The number of amides is 1. The summed E-state index contributed by atoms with van der Waals surface area (Å²) in [5.41, 5.74) is 1.14. The van der Waals surface area contributed by atoms with Gasteiger partial charge in [0.2, 0.25) is 10.0 Å². The Kier molecular flexibility index (Phi) is 6.10. The van der Waals surface area contributed by atoms with Crippen LogP contribution >= 0.6 is 0 Å². The molecule has 1 N–H and O–H groups in total. The van der Waals surface area contributed by atoms with Gasteiger partial charge in [-0.3, -0.25) is 9.59 Å². The van der Waals surface area contributed by atoms with Gasteiger partial charge in [0, 0.05) is 31.6 Å². The monoisotopic (exact) mass is 446 g/mol. The fourth-order valence-electron chi connectivity index (χ4n) is 4.14. The molecule has 4 rings (SSSR count). The van der Waals surface area contributed by atoms with Crippen LogP contribution in [0.2, 0.25) is 0 Å². The largest absolute Gasteiger partial charge is 0.495 e. The summed E-state index contributed by atoms with van der Waals surface area (Å²) >= 11 is 0. The minimum Gasteiger partial charge on any atom is -0.495 e. The van der Waals surface area contributed by atoms with E-state index >= 15 is 0 Å². The number of carbonyl (C=O) groups excluding carboxylic acids is 1. The molecule has 3 heterocycles. The number of benzene rings is 1. The number of aromatic nitrogens is 2. The summed E-state index contributed by atoms with van der Waals surface area (Å²) in [6.45, 7) is 1.46. The van der Waals surface area contributed by atoms with Crippen LogP contribution in [0.1, 0.15) is 47.3 Å². The molecule has 10 heteroatoms. The fraction of sp³-hybridized carbons (Fsp3) is 0.476. The standard InChI is InChI=1S/C21H26N4O5S/c1-30-18-7-6-15(12-19(18)31(28,29)25-9-4-2-3-5-10-25)21(27)24-11-8-17-16(13-24)20(26)23-14-22-17/h6-7,12,14H,2-5,8-11,13H2,1H3,(H,22,23,26). The maximum atomic E-state index is 13.3. The molecule has 0 saturated carbocycles. The van der Waals surface area contributed by atoms with E-state index in [1.807, 2.05) is 0 Å². The lowest BCUT2D eigenvalue weighted by Gasteiger charge is -2.28. The van der Waals surface area contributed by atoms with E-state index in [1.54, 1.807) is 11.0 Å². The molecule has 1 fully saturated rings. The van der Waals surface area contributed by atoms with Crippen LogP contribution in [0.15, 0.2) is 34.2 Å². The van der Waals surface area contributed by atoms with E-state index < -0.39 is 10.0 Å². The minimum absolute atomic E-state index is 0.000302. The Labute approximate surface area is 181 Å². The second kappa shape index (κ2) is 8.80. The third kappa shape index (κ3) is 4.22. The van der Waals surface area contributed by atoms with E-state index in [9.17, 15) is 18.0 Å². The van der Waals surface area contributed by atoms with Gasteiger partial charge in [-0.05, 0) is 31.0 Å². The highest BCUT2D eigenvalue weighted by Crippen LogP contribution is 2.30. The van der Waals surface area contributed by atoms with Gasteiger partial charge in [0.25, 0.3) is 11.5 Å². The van der Waals surface area contributed by atoms with Crippen LogP contribution in [0.3, 0.4) is 0 Å². The first-order valence-corrected chi connectivity index (χ1v) is 11.9. The van der Waals surface area contributed by atoms with Crippen molar-refractivity contribution >= 4 is 15.9 Å². The SMILES string of the molecule is COc1ccc(C(=O)N2CCc3nc[nH]c(=O)c3C2)cc1S(=O)(=O)N1CCCCCC1. The van der Waals surface area contributed by atoms with Crippen molar-refractivity contribution < 1.29 is 17.9 Å². The third-order valence-corrected chi connectivity index (χ3v) is 7.81. The van der Waals surface area contributed by atoms with Crippen LogP contribution < -0.4 is 10.3 Å². The van der Waals surface area contributed by atoms with Crippen molar-refractivity contribution in [2.24, 2.45) is 0 Å². The number of hydrogen-bond donors (Lipinski definition) is 1. The molecule has 1 saturated heterocycles. The maximum absolute atomic E-state index is 13.3. The highest BCUT2D eigenvalue weighted by molar-refractivity contribution is 7.89. The van der Waals surface area contributed by atoms with Gasteiger partial charge in [0.05, 0.1) is 31.2 Å². The van der Waals surface area contributed by atoms with Crippen LogP contribution in [0, 0.1) is 0 Å². The number of H-pyrrole nitrogens is 1. The number of sulfonamides is 1. The fourth-order valence-corrected chi connectivity index (χ4v) is 5.84. The van der Waals surface area contributed by atoms with Gasteiger partial charge in [-0.25, -0.2) is 13.4 Å². The number of fused-ring (bicyclic) bond motifs is 1. The van der Waals surface area contributed by atoms with Gasteiger partial charge in [0.1, 0.15) is 10.6 Å². The van der Waals surface area contributed by atoms with E-state index in [1.165, 1.54) is 29.9 Å². The number of ether oxygens (including phenoxy) is 1. The average Bonchev–Trinajstić information content (AvgIpc) is 3.08. The third-order valence-electron chi connectivity index (χ3n) is 5.89. The Bertz CT molecular complexity index is 1140. The summed E-state index contributed by atoms with van der Waals surface area (Å²) in [6, 6.07) is 4.47. The molecule has 2 aromatic rings. The number of aromatic amines is 1. The van der Waals surface area contributed by atoms with Crippen molar-refractivity contribution in [1.82, 2.24) is 19.2 Å². The Morgan fingerprint density at radius 1 is 1.13 bits per heavy atom. The maximum Gasteiger partial charge on any atom is 0.255 e. The average molecular weight is 447 g/mol. The van der Waals surface area contributed by atoms with E-state index in [2.05, 4.69) is 9.97 Å². The lowest BCUT2D eigenvalue weighted by atomic mass is 10.1. The molecule has 0 atom stereocenters. The highest BCUT2D eigenvalue weighted by atomic mass is 32.2. The topological polar surface area (TPSA) is 113 Å². The van der Waals surface area contributed by atoms with Gasteiger partial charge in [0.15, 0.2) is 0 Å². The number of nitrogens with one attached hydrogen (secondary N) is 1. The molecule has 31 heavy (non-hydrogen) atoms. The summed E-state index contributed by atoms with van der Waals surface area (Å²) < 4.78 is 33.5. The molecule has 1 aromatic heterocycles. The van der Waals surface area contributed by atoms with Gasteiger partial charge >= 0.3 is 0 Å². The Morgan fingerprint density at radius 2 is 1.87 bits per heavy atom. The molecule has 2 aliphatic rings. The lowest BCUT2D eigenvalue weighted by molar-refractivity contribution is 0.0732. The molecule has 0 unspecified atom stereocenters. The van der Waals surface area contributed by atoms with E-state index in [0.717, 1.165) is 25.7 Å². The predicted octanol–water partition coefficient (Wildman–Crippen LogP) is 1.54. The summed E-state index contributed by atoms with van der Waals surface area (Å²) in [5.74, 6) is -0.116. The first kappa shape index (κ1) is 21.5. The van der Waals surface area contributed by atoms with Crippen molar-refractivity contribution in [3.8, 4) is 5.75 Å². The predicted molar refractivity (Wildman–Crippen MR) is 114 cm³/mol. The van der Waals surface area contributed by atoms with Crippen LogP contribution in [-0.2, 0) is 23.0 Å². The van der Waals surface area contributed by atoms with Gasteiger partial charge in [-0.2, -0.15) is 4.31 Å². The lowest BCUT2D eigenvalue weighted by Crippen LogP contribution is -2.39. The van der Waals surface area contributed by atoms with Gasteiger partial charge in [-0.1, -0.05) is 12.8 Å². The van der Waals surface area contributed by atoms with Gasteiger partial charge < -0.3 is 14.6 Å². The number of methoxy groups -OCH3 is 1. The molecule has 0 radical (unpaired) electrons. The van der Waals surface area contributed by atoms with Crippen LogP contribution in [0.5, 0.6) is 5.75 Å². The summed E-state index contributed by atoms with van der Waals surface area (Å²) in [7, 11) is -2.38. The first-order valence-electron chi connectivity index (χ1n) is 10.4. The molecular weight excluding hydrogens is 420 g/mol. The van der Waals surface area contributed by atoms with Crippen LogP contribution in [0.4, 0.5) is 0 Å². The number of carbonyl (C=O) groups is 1. The van der Waals surface area contributed by atoms with E-state index in [-0.39, 0.29) is 34.2 Å². The summed E-state index contributed by atoms with van der Waals surface area (Å²) in [4.78, 5) is 33.5. The number of hydrogen-bond acceptors (Lipinski definition) is 6. The van der Waals surface area contributed by atoms with Crippen molar-refractivity contribution in [2.75, 3.05) is 26.7 Å². The van der Waals surface area contributed by atoms with Gasteiger partial charge in [-0.15, -0.1) is 0 Å². The molecule has 1 aromatic carbocycles. The second-order valence-corrected chi connectivity index (χ2v) is 9.72. The Morgan fingerprint density at radius 3 is 2.58 bits per heavy atom. The van der Waals surface area contributed by atoms with E-state index in [4.69, 9.17) is 4.74 Å². The van der Waals surface area contributed by atoms with Crippen molar-refractivity contribution in [2.45, 2.75) is 43.5 Å². The number of nitrogens with zero attached hydrogens (tertiary/aromatic N) is 3. The molecule has 0 bridgehead atoms. The molecule has 1 amide bonds. The molecular formula is C21H26N4O5S. The van der Waals surface area contributed by atoms with Crippen LogP contribution in [0.25, 0.3) is 0 Å². The quantitative estimate of drug-likeness (QED) is 0.762. The molecule has 2 aliphatic heterocycles. The number of rotatable bonds is 4. The van der Waals surface area contributed by atoms with E-state index in [0.29, 0.717) is 37.3 Å². The first-order chi connectivity index (χ1) is 14.9. The van der Waals surface area contributed by atoms with Crippen molar-refractivity contribution in [1.29, 1.82) is 0 Å². The smallest absolute Gasteiger partial charge is 0.255 e. The normalized spacial score (nSPS) is 17.6. The summed E-state index contributed by atoms with van der Waals surface area (Å²) in [6.07, 6.45) is 5.48. The molecule has 0 aliphatic carbocycles. The van der Waals surface area contributed by atoms with Crippen molar-refractivity contribution in [3.63, 3.8) is 0 Å².